The summed E-state index contributed by atoms with van der Waals surface area (Å²) in [5, 5.41) is 8.87. The molecule has 3 N–H and O–H groups in total. The molecule has 0 radical (unpaired) electrons. The fourth-order valence-electron chi connectivity index (χ4n) is 2.94. The summed E-state index contributed by atoms with van der Waals surface area (Å²) < 4.78 is 27.2. The molecule has 0 saturated carbocycles. The molecule has 0 bridgehead atoms. The molecule has 0 aliphatic heterocycles. The van der Waals surface area contributed by atoms with Gasteiger partial charge in [-0.2, -0.15) is 4.39 Å². The van der Waals surface area contributed by atoms with Crippen molar-refractivity contribution in [3.63, 3.8) is 0 Å². The van der Waals surface area contributed by atoms with Crippen LogP contribution in [0.5, 0.6) is 0 Å². The van der Waals surface area contributed by atoms with E-state index in [1.54, 1.807) is 49.4 Å². The molecule has 0 saturated heterocycles. The predicted molar refractivity (Wildman–Crippen MR) is 118 cm³/mol. The number of amides is 1. The van der Waals surface area contributed by atoms with Crippen LogP contribution in [-0.2, 0) is 0 Å². The molecule has 0 aliphatic carbocycles. The van der Waals surface area contributed by atoms with E-state index < -0.39 is 11.9 Å². The van der Waals surface area contributed by atoms with E-state index in [2.05, 4.69) is 30.9 Å². The van der Waals surface area contributed by atoms with Gasteiger partial charge < -0.3 is 16.0 Å². The number of carbonyl (C=O) groups excluding carboxylic acids is 1. The number of anilines is 5. The van der Waals surface area contributed by atoms with Crippen molar-refractivity contribution in [3.8, 4) is 0 Å². The number of benzene rings is 2. The van der Waals surface area contributed by atoms with Crippen molar-refractivity contribution >= 4 is 34.6 Å². The highest BCUT2D eigenvalue weighted by atomic mass is 19.1. The first-order valence-corrected chi connectivity index (χ1v) is 9.62. The number of hydrogen-bond acceptors (Lipinski definition) is 6. The van der Waals surface area contributed by atoms with Gasteiger partial charge in [0.05, 0.1) is 5.56 Å². The summed E-state index contributed by atoms with van der Waals surface area (Å²) >= 11 is 0. The second-order valence-electron chi connectivity index (χ2n) is 6.88. The Morgan fingerprint density at radius 2 is 1.53 bits per heavy atom. The SMILES string of the molecule is Cc1cc(Nc2cc(Nc3cccc(NC(=O)c4cccnc4F)c3)ncn2)ccc1F. The van der Waals surface area contributed by atoms with Gasteiger partial charge in [-0.05, 0) is 61.0 Å². The lowest BCUT2D eigenvalue weighted by Gasteiger charge is -2.11. The second kappa shape index (κ2) is 9.17. The summed E-state index contributed by atoms with van der Waals surface area (Å²) in [6.07, 6.45) is 2.66. The summed E-state index contributed by atoms with van der Waals surface area (Å²) in [5.41, 5.74) is 2.19. The highest BCUT2D eigenvalue weighted by Gasteiger charge is 2.12. The molecule has 2 aromatic carbocycles. The van der Waals surface area contributed by atoms with E-state index in [1.165, 1.54) is 30.7 Å². The van der Waals surface area contributed by atoms with E-state index in [0.717, 1.165) is 0 Å². The average Bonchev–Trinajstić information content (AvgIpc) is 2.77. The maximum absolute atomic E-state index is 13.7. The van der Waals surface area contributed by atoms with Gasteiger partial charge in [-0.15, -0.1) is 0 Å². The fourth-order valence-corrected chi connectivity index (χ4v) is 2.94. The zero-order valence-electron chi connectivity index (χ0n) is 16.9. The average molecular weight is 432 g/mol. The zero-order chi connectivity index (χ0) is 22.5. The summed E-state index contributed by atoms with van der Waals surface area (Å²) in [5.74, 6) is -0.695. The minimum atomic E-state index is -0.836. The molecule has 9 heteroatoms. The zero-order valence-corrected chi connectivity index (χ0v) is 16.9. The monoisotopic (exact) mass is 432 g/mol. The summed E-state index contributed by atoms with van der Waals surface area (Å²) in [7, 11) is 0. The number of carbonyl (C=O) groups is 1. The Balaban J connectivity index is 1.46. The van der Waals surface area contributed by atoms with E-state index >= 15 is 0 Å². The van der Waals surface area contributed by atoms with Crippen molar-refractivity contribution in [2.75, 3.05) is 16.0 Å². The van der Waals surface area contributed by atoms with Gasteiger partial charge in [0, 0.05) is 29.3 Å². The van der Waals surface area contributed by atoms with Crippen molar-refractivity contribution in [3.05, 3.63) is 96.1 Å². The van der Waals surface area contributed by atoms with Crippen molar-refractivity contribution < 1.29 is 13.6 Å². The molecule has 2 heterocycles. The third-order valence-corrected chi connectivity index (χ3v) is 4.49. The quantitative estimate of drug-likeness (QED) is 0.363. The normalized spacial score (nSPS) is 10.5. The molecule has 0 unspecified atom stereocenters. The molecule has 4 aromatic rings. The van der Waals surface area contributed by atoms with Gasteiger partial charge in [0.2, 0.25) is 5.95 Å². The Kier molecular flexibility index (Phi) is 5.98. The van der Waals surface area contributed by atoms with Crippen molar-refractivity contribution in [2.24, 2.45) is 0 Å². The van der Waals surface area contributed by atoms with Gasteiger partial charge in [0.25, 0.3) is 5.91 Å². The number of halogens is 2. The van der Waals surface area contributed by atoms with Gasteiger partial charge in [0.1, 0.15) is 23.8 Å². The van der Waals surface area contributed by atoms with Gasteiger partial charge in [0.15, 0.2) is 0 Å². The first-order chi connectivity index (χ1) is 15.5. The van der Waals surface area contributed by atoms with E-state index in [9.17, 15) is 13.6 Å². The topological polar surface area (TPSA) is 91.8 Å². The summed E-state index contributed by atoms with van der Waals surface area (Å²) in [6.45, 7) is 1.68. The van der Waals surface area contributed by atoms with E-state index in [4.69, 9.17) is 0 Å². The first-order valence-electron chi connectivity index (χ1n) is 9.62. The molecule has 0 fully saturated rings. The Bertz CT molecular complexity index is 1280. The lowest BCUT2D eigenvalue weighted by Crippen LogP contribution is -2.14. The van der Waals surface area contributed by atoms with Crippen LogP contribution in [0.2, 0.25) is 0 Å². The van der Waals surface area contributed by atoms with Crippen LogP contribution in [0.25, 0.3) is 0 Å². The number of nitrogens with zero attached hydrogens (tertiary/aromatic N) is 3. The van der Waals surface area contributed by atoms with E-state index in [1.807, 2.05) is 0 Å². The van der Waals surface area contributed by atoms with Crippen LogP contribution < -0.4 is 16.0 Å². The first kappa shape index (κ1) is 20.9. The lowest BCUT2D eigenvalue weighted by atomic mass is 10.2. The number of nitrogens with one attached hydrogen (secondary N) is 3. The molecule has 0 atom stereocenters. The predicted octanol–water partition coefficient (Wildman–Crippen LogP) is 5.20. The van der Waals surface area contributed by atoms with Crippen molar-refractivity contribution in [1.82, 2.24) is 15.0 Å². The van der Waals surface area contributed by atoms with Crippen LogP contribution >= 0.6 is 0 Å². The Morgan fingerprint density at radius 1 is 0.812 bits per heavy atom. The van der Waals surface area contributed by atoms with Gasteiger partial charge >= 0.3 is 0 Å². The molecule has 32 heavy (non-hydrogen) atoms. The second-order valence-corrected chi connectivity index (χ2v) is 6.88. The number of aromatic nitrogens is 3. The van der Waals surface area contributed by atoms with Crippen molar-refractivity contribution in [1.29, 1.82) is 0 Å². The van der Waals surface area contributed by atoms with Crippen LogP contribution in [0, 0.1) is 18.7 Å². The van der Waals surface area contributed by atoms with Gasteiger partial charge in [-0.1, -0.05) is 6.07 Å². The Hall–Kier alpha value is -4.40. The molecule has 4 rings (SSSR count). The number of hydrogen-bond donors (Lipinski definition) is 3. The number of aryl methyl sites for hydroxylation is 1. The van der Waals surface area contributed by atoms with Crippen LogP contribution in [0.1, 0.15) is 15.9 Å². The molecule has 160 valence electrons. The van der Waals surface area contributed by atoms with Crippen molar-refractivity contribution in [2.45, 2.75) is 6.92 Å². The molecule has 0 aliphatic rings. The van der Waals surface area contributed by atoms with Crippen LogP contribution in [0.4, 0.5) is 37.5 Å². The fraction of sp³-hybridized carbons (Fsp3) is 0.0435. The molecule has 7 nitrogen and oxygen atoms in total. The maximum atomic E-state index is 13.7. The van der Waals surface area contributed by atoms with Crippen LogP contribution in [-0.4, -0.2) is 20.9 Å². The largest absolute Gasteiger partial charge is 0.340 e. The molecule has 0 spiro atoms. The van der Waals surface area contributed by atoms with E-state index in [0.29, 0.717) is 34.3 Å². The highest BCUT2D eigenvalue weighted by Crippen LogP contribution is 2.23. The number of pyridine rings is 1. The molecule has 1 amide bonds. The Morgan fingerprint density at radius 3 is 2.25 bits per heavy atom. The highest BCUT2D eigenvalue weighted by molar-refractivity contribution is 6.04. The lowest BCUT2D eigenvalue weighted by molar-refractivity contribution is 0.102. The van der Waals surface area contributed by atoms with E-state index in [-0.39, 0.29) is 11.4 Å². The smallest absolute Gasteiger partial charge is 0.260 e. The van der Waals surface area contributed by atoms with Gasteiger partial charge in [-0.25, -0.2) is 19.3 Å². The minimum absolute atomic E-state index is 0.145. The molecule has 2 aromatic heterocycles. The standard InChI is InChI=1S/C23H18F2N6O/c1-14-10-17(7-8-19(14)24)30-21-12-20(27-13-28-21)29-15-4-2-5-16(11-15)31-23(32)18-6-3-9-26-22(18)25/h2-13H,1H3,(H,31,32)(H2,27,28,29,30). The summed E-state index contributed by atoms with van der Waals surface area (Å²) in [4.78, 5) is 24.2. The Labute approximate surface area is 182 Å². The summed E-state index contributed by atoms with van der Waals surface area (Å²) in [6, 6.07) is 16.1. The molecular weight excluding hydrogens is 414 g/mol. The van der Waals surface area contributed by atoms with Gasteiger partial charge in [-0.3, -0.25) is 4.79 Å². The van der Waals surface area contributed by atoms with Crippen LogP contribution in [0.3, 0.4) is 0 Å². The third kappa shape index (κ3) is 5.01. The minimum Gasteiger partial charge on any atom is -0.340 e. The maximum Gasteiger partial charge on any atom is 0.260 e. The third-order valence-electron chi connectivity index (χ3n) is 4.49. The van der Waals surface area contributed by atoms with Crippen LogP contribution in [0.15, 0.2) is 73.2 Å². The number of rotatable bonds is 6. The molecular formula is C23H18F2N6O.